The van der Waals surface area contributed by atoms with E-state index in [0.29, 0.717) is 5.75 Å². The molecular formula is C23H31N3O5S. The first-order valence-corrected chi connectivity index (χ1v) is 12.1. The zero-order valence-corrected chi connectivity index (χ0v) is 19.9. The molecule has 2 aromatic carbocycles. The number of sulfonamides is 1. The Hall–Kier alpha value is -3.07. The van der Waals surface area contributed by atoms with Crippen LogP contribution in [0.3, 0.4) is 0 Å². The van der Waals surface area contributed by atoms with Crippen LogP contribution >= 0.6 is 0 Å². The van der Waals surface area contributed by atoms with Crippen molar-refractivity contribution in [2.45, 2.75) is 39.4 Å². The van der Waals surface area contributed by atoms with E-state index in [9.17, 15) is 18.0 Å². The van der Waals surface area contributed by atoms with Crippen molar-refractivity contribution >= 4 is 27.5 Å². The first-order chi connectivity index (χ1) is 15.0. The van der Waals surface area contributed by atoms with Gasteiger partial charge < -0.3 is 15.0 Å². The molecule has 1 unspecified atom stereocenters. The molecule has 0 saturated heterocycles. The Morgan fingerprint density at radius 2 is 1.59 bits per heavy atom. The Kier molecular flexibility index (Phi) is 8.65. The molecule has 32 heavy (non-hydrogen) atoms. The van der Waals surface area contributed by atoms with Gasteiger partial charge in [0.1, 0.15) is 18.3 Å². The fourth-order valence-corrected chi connectivity index (χ4v) is 4.05. The average molecular weight is 462 g/mol. The Bertz CT molecular complexity index is 1020. The predicted octanol–water partition coefficient (Wildman–Crippen LogP) is 2.40. The summed E-state index contributed by atoms with van der Waals surface area (Å²) in [6, 6.07) is 14.9. The molecule has 9 heteroatoms. The highest BCUT2D eigenvalue weighted by atomic mass is 32.2. The molecule has 0 spiro atoms. The van der Waals surface area contributed by atoms with Gasteiger partial charge in [-0.15, -0.1) is 0 Å². The lowest BCUT2D eigenvalue weighted by Crippen LogP contribution is -2.52. The first kappa shape index (κ1) is 25.2. The van der Waals surface area contributed by atoms with Gasteiger partial charge in [0.25, 0.3) is 0 Å². The van der Waals surface area contributed by atoms with Crippen LogP contribution in [0.25, 0.3) is 0 Å². The van der Waals surface area contributed by atoms with Gasteiger partial charge in [-0.3, -0.25) is 13.9 Å². The number of nitrogens with zero attached hydrogens (tertiary/aromatic N) is 2. The van der Waals surface area contributed by atoms with Crippen molar-refractivity contribution in [1.29, 1.82) is 0 Å². The van der Waals surface area contributed by atoms with Crippen LogP contribution in [0.5, 0.6) is 5.75 Å². The summed E-state index contributed by atoms with van der Waals surface area (Å²) in [7, 11) is -2.38. The molecule has 8 nitrogen and oxygen atoms in total. The average Bonchev–Trinajstić information content (AvgIpc) is 2.74. The van der Waals surface area contributed by atoms with Crippen LogP contribution in [0.2, 0.25) is 0 Å². The van der Waals surface area contributed by atoms with Crippen LogP contribution in [-0.2, 0) is 26.2 Å². The Morgan fingerprint density at radius 1 is 1.00 bits per heavy atom. The maximum atomic E-state index is 13.4. The standard InChI is InChI=1S/C23H31N3O5S/c1-17(2)24-23(28)18(3)25(15-19-11-7-6-8-12-19)22(27)16-26(32(5,29)30)20-13-9-10-14-21(20)31-4/h6-14,17-18H,15-16H2,1-5H3,(H,24,28). The number of para-hydroxylation sites is 2. The van der Waals surface area contributed by atoms with Crippen molar-refractivity contribution in [1.82, 2.24) is 10.2 Å². The Morgan fingerprint density at radius 3 is 2.16 bits per heavy atom. The summed E-state index contributed by atoms with van der Waals surface area (Å²) in [5.41, 5.74) is 1.08. The second-order valence-corrected chi connectivity index (χ2v) is 9.69. The molecule has 2 rings (SSSR count). The normalized spacial score (nSPS) is 12.2. The van der Waals surface area contributed by atoms with Gasteiger partial charge in [0.2, 0.25) is 21.8 Å². The van der Waals surface area contributed by atoms with E-state index in [2.05, 4.69) is 5.32 Å². The van der Waals surface area contributed by atoms with E-state index < -0.39 is 28.5 Å². The van der Waals surface area contributed by atoms with Crippen molar-refractivity contribution in [3.8, 4) is 5.75 Å². The lowest BCUT2D eigenvalue weighted by molar-refractivity contribution is -0.139. The number of carbonyl (C=O) groups excluding carboxylic acids is 2. The molecule has 0 aliphatic carbocycles. The maximum absolute atomic E-state index is 13.4. The Labute approximate surface area is 190 Å². The van der Waals surface area contributed by atoms with Gasteiger partial charge in [-0.25, -0.2) is 8.42 Å². The third-order valence-corrected chi connectivity index (χ3v) is 5.95. The first-order valence-electron chi connectivity index (χ1n) is 10.3. The number of anilines is 1. The third-order valence-electron chi connectivity index (χ3n) is 4.83. The largest absolute Gasteiger partial charge is 0.495 e. The number of amides is 2. The minimum absolute atomic E-state index is 0.0975. The molecule has 1 N–H and O–H groups in total. The second-order valence-electron chi connectivity index (χ2n) is 7.79. The van der Waals surface area contributed by atoms with Crippen molar-refractivity contribution < 1.29 is 22.7 Å². The van der Waals surface area contributed by atoms with E-state index in [1.165, 1.54) is 12.0 Å². The molecule has 0 aliphatic heterocycles. The van der Waals surface area contributed by atoms with E-state index in [-0.39, 0.29) is 24.2 Å². The van der Waals surface area contributed by atoms with Crippen molar-refractivity contribution in [3.63, 3.8) is 0 Å². The van der Waals surface area contributed by atoms with Crippen molar-refractivity contribution in [2.24, 2.45) is 0 Å². The van der Waals surface area contributed by atoms with E-state index >= 15 is 0 Å². The van der Waals surface area contributed by atoms with E-state index in [1.54, 1.807) is 31.2 Å². The summed E-state index contributed by atoms with van der Waals surface area (Å²) in [4.78, 5) is 27.5. The fraction of sp³-hybridized carbons (Fsp3) is 0.391. The van der Waals surface area contributed by atoms with Crippen LogP contribution in [-0.4, -0.2) is 57.1 Å². The number of rotatable bonds is 10. The number of hydrogen-bond acceptors (Lipinski definition) is 5. The van der Waals surface area contributed by atoms with Crippen LogP contribution < -0.4 is 14.4 Å². The minimum Gasteiger partial charge on any atom is -0.495 e. The molecule has 0 bridgehead atoms. The van der Waals surface area contributed by atoms with Gasteiger partial charge >= 0.3 is 0 Å². The molecule has 0 saturated carbocycles. The molecule has 1 atom stereocenters. The number of ether oxygens (including phenoxy) is 1. The van der Waals surface area contributed by atoms with E-state index in [1.807, 2.05) is 44.2 Å². The summed E-state index contributed by atoms with van der Waals surface area (Å²) < 4.78 is 31.5. The van der Waals surface area contributed by atoms with Gasteiger partial charge in [-0.05, 0) is 38.5 Å². The molecular weight excluding hydrogens is 430 g/mol. The topological polar surface area (TPSA) is 96.0 Å². The van der Waals surface area contributed by atoms with Gasteiger partial charge in [-0.1, -0.05) is 42.5 Å². The SMILES string of the molecule is COc1ccccc1N(CC(=O)N(Cc1ccccc1)C(C)C(=O)NC(C)C)S(C)(=O)=O. The van der Waals surface area contributed by atoms with Gasteiger partial charge in [0, 0.05) is 12.6 Å². The van der Waals surface area contributed by atoms with Gasteiger partial charge in [-0.2, -0.15) is 0 Å². The lowest BCUT2D eigenvalue weighted by Gasteiger charge is -2.32. The van der Waals surface area contributed by atoms with Gasteiger partial charge in [0.05, 0.1) is 19.1 Å². The van der Waals surface area contributed by atoms with Crippen LogP contribution in [0.15, 0.2) is 54.6 Å². The van der Waals surface area contributed by atoms with Crippen LogP contribution in [0.4, 0.5) is 5.69 Å². The van der Waals surface area contributed by atoms with Gasteiger partial charge in [0.15, 0.2) is 0 Å². The molecule has 0 heterocycles. The van der Waals surface area contributed by atoms with Crippen LogP contribution in [0, 0.1) is 0 Å². The second kappa shape index (κ2) is 11.0. The Balaban J connectivity index is 2.40. The van der Waals surface area contributed by atoms with Crippen molar-refractivity contribution in [2.75, 3.05) is 24.2 Å². The highest BCUT2D eigenvalue weighted by Gasteiger charge is 2.31. The molecule has 0 aliphatic rings. The highest BCUT2D eigenvalue weighted by molar-refractivity contribution is 7.92. The summed E-state index contributed by atoms with van der Waals surface area (Å²) in [5.74, 6) is -0.491. The summed E-state index contributed by atoms with van der Waals surface area (Å²) in [6.07, 6.45) is 1.03. The summed E-state index contributed by atoms with van der Waals surface area (Å²) in [5, 5.41) is 2.81. The minimum atomic E-state index is -3.81. The maximum Gasteiger partial charge on any atom is 0.244 e. The fourth-order valence-electron chi connectivity index (χ4n) is 3.20. The summed E-state index contributed by atoms with van der Waals surface area (Å²) in [6.45, 7) is 5.00. The zero-order valence-electron chi connectivity index (χ0n) is 19.1. The lowest BCUT2D eigenvalue weighted by atomic mass is 10.1. The zero-order chi connectivity index (χ0) is 23.9. The number of nitrogens with one attached hydrogen (secondary N) is 1. The molecule has 0 aromatic heterocycles. The quantitative estimate of drug-likeness (QED) is 0.586. The smallest absolute Gasteiger partial charge is 0.244 e. The number of carbonyl (C=O) groups is 2. The molecule has 0 fully saturated rings. The molecule has 2 aromatic rings. The number of methoxy groups -OCH3 is 1. The summed E-state index contributed by atoms with van der Waals surface area (Å²) >= 11 is 0. The third kappa shape index (κ3) is 6.71. The number of benzene rings is 2. The van der Waals surface area contributed by atoms with Crippen LogP contribution in [0.1, 0.15) is 26.3 Å². The monoisotopic (exact) mass is 461 g/mol. The highest BCUT2D eigenvalue weighted by Crippen LogP contribution is 2.29. The number of hydrogen-bond donors (Lipinski definition) is 1. The van der Waals surface area contributed by atoms with Crippen molar-refractivity contribution in [3.05, 3.63) is 60.2 Å². The molecule has 174 valence electrons. The van der Waals surface area contributed by atoms with E-state index in [4.69, 9.17) is 4.74 Å². The molecule has 0 radical (unpaired) electrons. The van der Waals surface area contributed by atoms with E-state index in [0.717, 1.165) is 16.1 Å². The predicted molar refractivity (Wildman–Crippen MR) is 125 cm³/mol. The molecule has 2 amide bonds.